The number of rotatable bonds is 4. The Morgan fingerprint density at radius 1 is 1.33 bits per heavy atom. The van der Waals surface area contributed by atoms with Crippen molar-refractivity contribution in [1.82, 2.24) is 5.32 Å². The second kappa shape index (κ2) is 5.79. The van der Waals surface area contributed by atoms with Crippen molar-refractivity contribution in [2.24, 2.45) is 4.99 Å². The van der Waals surface area contributed by atoms with Gasteiger partial charge >= 0.3 is 0 Å². The first-order valence-electron chi connectivity index (χ1n) is 6.62. The van der Waals surface area contributed by atoms with Gasteiger partial charge in [0.1, 0.15) is 0 Å². The maximum atomic E-state index is 4.78. The van der Waals surface area contributed by atoms with Crippen molar-refractivity contribution < 1.29 is 0 Å². The van der Waals surface area contributed by atoms with E-state index in [9.17, 15) is 0 Å². The van der Waals surface area contributed by atoms with Gasteiger partial charge in [-0.2, -0.15) is 0 Å². The Hall–Kier alpha value is -0.960. The van der Waals surface area contributed by atoms with Crippen LogP contribution in [0.3, 0.4) is 0 Å². The zero-order valence-corrected chi connectivity index (χ0v) is 12.3. The van der Waals surface area contributed by atoms with Crippen LogP contribution < -0.4 is 5.32 Å². The fourth-order valence-corrected chi connectivity index (χ4v) is 2.97. The maximum Gasteiger partial charge on any atom is 0.157 e. The van der Waals surface area contributed by atoms with Crippen molar-refractivity contribution in [3.05, 3.63) is 35.9 Å². The molecule has 2 rings (SSSR count). The lowest BCUT2D eigenvalue weighted by atomic mass is 10.0. The Morgan fingerprint density at radius 3 is 2.72 bits per heavy atom. The molecule has 3 heteroatoms. The minimum atomic E-state index is 0.146. The number of hydrogen-bond acceptors (Lipinski definition) is 3. The molecule has 98 valence electrons. The molecule has 0 saturated carbocycles. The summed E-state index contributed by atoms with van der Waals surface area (Å²) in [7, 11) is 0. The van der Waals surface area contributed by atoms with Crippen LogP contribution in [0.15, 0.2) is 35.3 Å². The molecule has 1 aliphatic rings. The van der Waals surface area contributed by atoms with Crippen molar-refractivity contribution in [3.8, 4) is 0 Å². The highest BCUT2D eigenvalue weighted by Gasteiger charge is 2.23. The monoisotopic (exact) mass is 262 g/mol. The molecular weight excluding hydrogens is 240 g/mol. The van der Waals surface area contributed by atoms with Gasteiger partial charge in [0.25, 0.3) is 0 Å². The molecule has 1 aromatic carbocycles. The molecule has 0 aliphatic carbocycles. The number of benzene rings is 1. The van der Waals surface area contributed by atoms with E-state index >= 15 is 0 Å². The highest BCUT2D eigenvalue weighted by Crippen LogP contribution is 2.22. The summed E-state index contributed by atoms with van der Waals surface area (Å²) in [5.41, 5.74) is 1.52. The van der Waals surface area contributed by atoms with E-state index in [4.69, 9.17) is 4.99 Å². The summed E-state index contributed by atoms with van der Waals surface area (Å²) >= 11 is 1.85. The van der Waals surface area contributed by atoms with E-state index < -0.39 is 0 Å². The third-order valence-electron chi connectivity index (χ3n) is 3.36. The predicted octanol–water partition coefficient (Wildman–Crippen LogP) is 3.48. The van der Waals surface area contributed by atoms with Gasteiger partial charge in [0, 0.05) is 11.3 Å². The molecule has 1 atom stereocenters. The third kappa shape index (κ3) is 3.77. The second-order valence-electron chi connectivity index (χ2n) is 5.45. The normalized spacial score (nSPS) is 19.7. The van der Waals surface area contributed by atoms with Crippen molar-refractivity contribution in [2.45, 2.75) is 45.2 Å². The van der Waals surface area contributed by atoms with Crippen molar-refractivity contribution in [2.75, 3.05) is 5.75 Å². The van der Waals surface area contributed by atoms with E-state index in [-0.39, 0.29) is 5.54 Å². The Labute approximate surface area is 114 Å². The topological polar surface area (TPSA) is 24.4 Å². The summed E-state index contributed by atoms with van der Waals surface area (Å²) in [6.45, 7) is 6.65. The zero-order chi connectivity index (χ0) is 13.0. The number of aliphatic imine (C=N–C) groups is 1. The lowest BCUT2D eigenvalue weighted by molar-refractivity contribution is 0.448. The SMILES string of the molecule is CCC(C)(C)NC1=NC(Cc2ccccc2)CS1. The van der Waals surface area contributed by atoms with E-state index in [0.717, 1.165) is 23.8 Å². The Balaban J connectivity index is 1.92. The third-order valence-corrected chi connectivity index (χ3v) is 4.39. The smallest absolute Gasteiger partial charge is 0.157 e. The van der Waals surface area contributed by atoms with Gasteiger partial charge in [-0.15, -0.1) is 0 Å². The predicted molar refractivity (Wildman–Crippen MR) is 81.3 cm³/mol. The fourth-order valence-electron chi connectivity index (χ4n) is 1.85. The lowest BCUT2D eigenvalue weighted by Crippen LogP contribution is -2.41. The summed E-state index contributed by atoms with van der Waals surface area (Å²) in [5.74, 6) is 1.09. The minimum absolute atomic E-state index is 0.146. The average Bonchev–Trinajstić information content (AvgIpc) is 2.77. The standard InChI is InChI=1S/C15H22N2S/c1-4-15(2,3)17-14-16-13(11-18-14)10-12-8-6-5-7-9-12/h5-9,13H,4,10-11H2,1-3H3,(H,16,17). The van der Waals surface area contributed by atoms with E-state index in [1.807, 2.05) is 11.8 Å². The van der Waals surface area contributed by atoms with Gasteiger partial charge in [-0.05, 0) is 32.3 Å². The first kappa shape index (κ1) is 13.5. The van der Waals surface area contributed by atoms with Crippen LogP contribution in [-0.2, 0) is 6.42 Å². The van der Waals surface area contributed by atoms with E-state index in [2.05, 4.69) is 56.4 Å². The van der Waals surface area contributed by atoms with Crippen LogP contribution in [-0.4, -0.2) is 22.5 Å². The molecular formula is C15H22N2S. The molecule has 0 spiro atoms. The van der Waals surface area contributed by atoms with Gasteiger partial charge in [-0.25, -0.2) is 0 Å². The molecule has 0 fully saturated rings. The van der Waals surface area contributed by atoms with E-state index in [0.29, 0.717) is 6.04 Å². The number of nitrogens with zero attached hydrogens (tertiary/aromatic N) is 1. The molecule has 0 amide bonds. The van der Waals surface area contributed by atoms with Crippen molar-refractivity contribution in [1.29, 1.82) is 0 Å². The Bertz CT molecular complexity index is 412. The molecule has 2 nitrogen and oxygen atoms in total. The molecule has 0 aromatic heterocycles. The summed E-state index contributed by atoms with van der Waals surface area (Å²) in [5, 5.41) is 4.65. The fraction of sp³-hybridized carbons (Fsp3) is 0.533. The van der Waals surface area contributed by atoms with Crippen LogP contribution in [0, 0.1) is 0 Å². The second-order valence-corrected chi connectivity index (χ2v) is 6.46. The number of nitrogens with one attached hydrogen (secondary N) is 1. The van der Waals surface area contributed by atoms with Gasteiger partial charge < -0.3 is 5.32 Å². The molecule has 18 heavy (non-hydrogen) atoms. The Morgan fingerprint density at radius 2 is 2.06 bits per heavy atom. The van der Waals surface area contributed by atoms with E-state index in [1.54, 1.807) is 0 Å². The summed E-state index contributed by atoms with van der Waals surface area (Å²) in [4.78, 5) is 4.78. The number of hydrogen-bond donors (Lipinski definition) is 1. The van der Waals surface area contributed by atoms with Gasteiger partial charge in [-0.3, -0.25) is 4.99 Å². The molecule has 1 N–H and O–H groups in total. The van der Waals surface area contributed by atoms with Gasteiger partial charge in [0.2, 0.25) is 0 Å². The summed E-state index contributed by atoms with van der Waals surface area (Å²) in [6.07, 6.45) is 2.15. The largest absolute Gasteiger partial charge is 0.360 e. The molecule has 0 radical (unpaired) electrons. The maximum absolute atomic E-state index is 4.78. The Kier molecular flexibility index (Phi) is 4.33. The number of amidine groups is 1. The van der Waals surface area contributed by atoms with Crippen LogP contribution in [0.4, 0.5) is 0 Å². The van der Waals surface area contributed by atoms with Crippen LogP contribution in [0.2, 0.25) is 0 Å². The lowest BCUT2D eigenvalue weighted by Gasteiger charge is -2.25. The quantitative estimate of drug-likeness (QED) is 0.898. The van der Waals surface area contributed by atoms with Crippen molar-refractivity contribution in [3.63, 3.8) is 0 Å². The average molecular weight is 262 g/mol. The van der Waals surface area contributed by atoms with Gasteiger partial charge in [0.15, 0.2) is 5.17 Å². The van der Waals surface area contributed by atoms with Crippen molar-refractivity contribution >= 4 is 16.9 Å². The van der Waals surface area contributed by atoms with Crippen LogP contribution in [0.1, 0.15) is 32.8 Å². The van der Waals surface area contributed by atoms with Crippen LogP contribution in [0.5, 0.6) is 0 Å². The zero-order valence-electron chi connectivity index (χ0n) is 11.4. The number of thioether (sulfide) groups is 1. The summed E-state index contributed by atoms with van der Waals surface area (Å²) < 4.78 is 0. The molecule has 0 saturated heterocycles. The van der Waals surface area contributed by atoms with Crippen LogP contribution in [0.25, 0.3) is 0 Å². The highest BCUT2D eigenvalue weighted by atomic mass is 32.2. The minimum Gasteiger partial charge on any atom is -0.360 e. The molecule has 1 aliphatic heterocycles. The van der Waals surface area contributed by atoms with Gasteiger partial charge in [-0.1, -0.05) is 49.0 Å². The molecule has 0 bridgehead atoms. The molecule has 1 aromatic rings. The first-order valence-corrected chi connectivity index (χ1v) is 7.60. The van der Waals surface area contributed by atoms with Crippen LogP contribution >= 0.6 is 11.8 Å². The van der Waals surface area contributed by atoms with Gasteiger partial charge in [0.05, 0.1) is 6.04 Å². The first-order chi connectivity index (χ1) is 8.59. The molecule has 1 unspecified atom stereocenters. The molecule has 1 heterocycles. The highest BCUT2D eigenvalue weighted by molar-refractivity contribution is 8.14. The van der Waals surface area contributed by atoms with E-state index in [1.165, 1.54) is 5.56 Å². The summed E-state index contributed by atoms with van der Waals surface area (Å²) in [6, 6.07) is 11.0.